The van der Waals surface area contributed by atoms with E-state index in [4.69, 9.17) is 16.3 Å². The summed E-state index contributed by atoms with van der Waals surface area (Å²) in [5, 5.41) is 0.278. The van der Waals surface area contributed by atoms with Gasteiger partial charge in [0, 0.05) is 0 Å². The Kier molecular flexibility index (Phi) is 3.49. The van der Waals surface area contributed by atoms with E-state index in [0.29, 0.717) is 11.7 Å². The van der Waals surface area contributed by atoms with Gasteiger partial charge in [0.25, 0.3) is 0 Å². The van der Waals surface area contributed by atoms with E-state index in [2.05, 4.69) is 6.08 Å². The van der Waals surface area contributed by atoms with Gasteiger partial charge in [-0.2, -0.15) is 0 Å². The molecule has 1 saturated carbocycles. The molecule has 3 aliphatic rings. The predicted octanol–water partition coefficient (Wildman–Crippen LogP) is 4.59. The van der Waals surface area contributed by atoms with Crippen LogP contribution >= 0.6 is 11.6 Å². The zero-order valence-electron chi connectivity index (χ0n) is 10.6. The van der Waals surface area contributed by atoms with Crippen LogP contribution in [0.15, 0.2) is 11.6 Å². The minimum atomic E-state index is 0.278. The van der Waals surface area contributed by atoms with Crippen molar-refractivity contribution in [2.24, 2.45) is 0 Å². The molecule has 0 amide bonds. The van der Waals surface area contributed by atoms with Gasteiger partial charge in [0.05, 0.1) is 17.1 Å². The molecule has 2 unspecified atom stereocenters. The van der Waals surface area contributed by atoms with Crippen molar-refractivity contribution in [3.05, 3.63) is 11.6 Å². The largest absolute Gasteiger partial charge is 0.371 e. The van der Waals surface area contributed by atoms with Gasteiger partial charge in [-0.1, -0.05) is 24.5 Å². The Labute approximate surface area is 110 Å². The van der Waals surface area contributed by atoms with Gasteiger partial charge in [0.2, 0.25) is 0 Å². The third kappa shape index (κ3) is 2.71. The van der Waals surface area contributed by atoms with E-state index in [1.165, 1.54) is 51.4 Å². The second-order valence-corrected chi connectivity index (χ2v) is 6.67. The summed E-state index contributed by atoms with van der Waals surface area (Å²) in [4.78, 5) is 0. The second-order valence-electron chi connectivity index (χ2n) is 6.11. The molecule has 3 rings (SSSR count). The third-order valence-electron chi connectivity index (χ3n) is 4.74. The number of alkyl halides is 1. The maximum atomic E-state index is 6.36. The van der Waals surface area contributed by atoms with Gasteiger partial charge >= 0.3 is 0 Å². The fourth-order valence-corrected chi connectivity index (χ4v) is 4.17. The van der Waals surface area contributed by atoms with E-state index < -0.39 is 0 Å². The smallest absolute Gasteiger partial charge is 0.0687 e. The first kappa shape index (κ1) is 12.0. The van der Waals surface area contributed by atoms with Crippen LogP contribution in [0.5, 0.6) is 0 Å². The Hall–Kier alpha value is -0.0100. The highest BCUT2D eigenvalue weighted by atomic mass is 35.5. The molecule has 0 N–H and O–H groups in total. The molecular weight excluding hydrogens is 232 g/mol. The van der Waals surface area contributed by atoms with E-state index in [1.807, 2.05) is 0 Å². The Balaban J connectivity index is 1.56. The summed E-state index contributed by atoms with van der Waals surface area (Å²) in [6.45, 7) is 0. The van der Waals surface area contributed by atoms with E-state index in [-0.39, 0.29) is 5.38 Å². The SMILES string of the molecule is ClC1C=C(CC2CCC3(CCCC3)O2)CCC1. The molecule has 17 heavy (non-hydrogen) atoms. The van der Waals surface area contributed by atoms with Crippen molar-refractivity contribution >= 4 is 11.6 Å². The number of rotatable bonds is 2. The van der Waals surface area contributed by atoms with Crippen molar-refractivity contribution in [1.82, 2.24) is 0 Å². The molecule has 1 saturated heterocycles. The number of hydrogen-bond acceptors (Lipinski definition) is 1. The van der Waals surface area contributed by atoms with Crippen LogP contribution < -0.4 is 0 Å². The number of hydrogen-bond donors (Lipinski definition) is 0. The molecule has 0 radical (unpaired) electrons. The lowest BCUT2D eigenvalue weighted by Gasteiger charge is -2.25. The van der Waals surface area contributed by atoms with Gasteiger partial charge < -0.3 is 4.74 Å². The van der Waals surface area contributed by atoms with Crippen LogP contribution in [-0.4, -0.2) is 17.1 Å². The van der Waals surface area contributed by atoms with Crippen LogP contribution in [0.2, 0.25) is 0 Å². The molecule has 1 nitrogen and oxygen atoms in total. The van der Waals surface area contributed by atoms with Crippen molar-refractivity contribution in [2.45, 2.75) is 81.3 Å². The normalized spacial score (nSPS) is 36.4. The summed E-state index contributed by atoms with van der Waals surface area (Å²) in [5.74, 6) is 0. The van der Waals surface area contributed by atoms with Crippen molar-refractivity contribution < 1.29 is 4.74 Å². The lowest BCUT2D eigenvalue weighted by Crippen LogP contribution is -2.25. The van der Waals surface area contributed by atoms with E-state index in [0.717, 1.165) is 12.8 Å². The van der Waals surface area contributed by atoms with Gasteiger partial charge in [0.15, 0.2) is 0 Å². The van der Waals surface area contributed by atoms with E-state index in [9.17, 15) is 0 Å². The summed E-state index contributed by atoms with van der Waals surface area (Å²) >= 11 is 6.20. The number of ether oxygens (including phenoxy) is 1. The monoisotopic (exact) mass is 254 g/mol. The average Bonchev–Trinajstić information content (AvgIpc) is 2.90. The molecule has 0 aromatic heterocycles. The maximum Gasteiger partial charge on any atom is 0.0687 e. The Morgan fingerprint density at radius 3 is 2.76 bits per heavy atom. The Morgan fingerprint density at radius 2 is 2.00 bits per heavy atom. The van der Waals surface area contributed by atoms with Crippen molar-refractivity contribution in [2.75, 3.05) is 0 Å². The van der Waals surface area contributed by atoms with Gasteiger partial charge in [0.1, 0.15) is 0 Å². The minimum Gasteiger partial charge on any atom is -0.371 e. The summed E-state index contributed by atoms with van der Waals surface area (Å²) in [6.07, 6.45) is 15.5. The van der Waals surface area contributed by atoms with Crippen molar-refractivity contribution in [3.63, 3.8) is 0 Å². The molecule has 0 bridgehead atoms. The maximum absolute atomic E-state index is 6.36. The second kappa shape index (κ2) is 4.93. The van der Waals surface area contributed by atoms with Crippen molar-refractivity contribution in [3.8, 4) is 0 Å². The topological polar surface area (TPSA) is 9.23 Å². The highest BCUT2D eigenvalue weighted by Gasteiger charge is 2.42. The van der Waals surface area contributed by atoms with Crippen LogP contribution in [0, 0.1) is 0 Å². The fourth-order valence-electron chi connectivity index (χ4n) is 3.84. The molecule has 96 valence electrons. The first-order valence-corrected chi connectivity index (χ1v) is 7.71. The van der Waals surface area contributed by atoms with Crippen LogP contribution in [0.4, 0.5) is 0 Å². The molecule has 2 heteroatoms. The van der Waals surface area contributed by atoms with Gasteiger partial charge in [-0.3, -0.25) is 0 Å². The molecule has 0 aromatic rings. The molecular formula is C15H23ClO. The van der Waals surface area contributed by atoms with Crippen LogP contribution in [0.3, 0.4) is 0 Å². The molecule has 1 heterocycles. The van der Waals surface area contributed by atoms with Crippen LogP contribution in [-0.2, 0) is 4.74 Å². The Morgan fingerprint density at radius 1 is 1.18 bits per heavy atom. The number of allylic oxidation sites excluding steroid dienone is 1. The standard InChI is InChI=1S/C15H23ClO/c16-13-5-3-4-12(10-13)11-14-6-9-15(17-14)7-1-2-8-15/h10,13-14H,1-9,11H2. The third-order valence-corrected chi connectivity index (χ3v) is 5.08. The van der Waals surface area contributed by atoms with Gasteiger partial charge in [-0.15, -0.1) is 11.6 Å². The summed E-state index contributed by atoms with van der Waals surface area (Å²) in [6, 6.07) is 0. The summed E-state index contributed by atoms with van der Waals surface area (Å²) in [5.41, 5.74) is 1.84. The molecule has 1 spiro atoms. The molecule has 0 aromatic carbocycles. The van der Waals surface area contributed by atoms with Crippen molar-refractivity contribution in [1.29, 1.82) is 0 Å². The molecule has 2 atom stereocenters. The summed E-state index contributed by atoms with van der Waals surface area (Å²) in [7, 11) is 0. The van der Waals surface area contributed by atoms with E-state index >= 15 is 0 Å². The molecule has 1 aliphatic heterocycles. The van der Waals surface area contributed by atoms with Crippen LogP contribution in [0.25, 0.3) is 0 Å². The molecule has 2 aliphatic carbocycles. The molecule has 2 fully saturated rings. The minimum absolute atomic E-state index is 0.278. The zero-order chi connectivity index (χ0) is 11.7. The number of halogens is 1. The summed E-state index contributed by atoms with van der Waals surface area (Å²) < 4.78 is 6.36. The van der Waals surface area contributed by atoms with Gasteiger partial charge in [-0.05, 0) is 51.4 Å². The lowest BCUT2D eigenvalue weighted by molar-refractivity contribution is -0.0358. The van der Waals surface area contributed by atoms with E-state index in [1.54, 1.807) is 5.57 Å². The fraction of sp³-hybridized carbons (Fsp3) is 0.867. The highest BCUT2D eigenvalue weighted by Crippen LogP contribution is 2.44. The lowest BCUT2D eigenvalue weighted by atomic mass is 9.93. The zero-order valence-corrected chi connectivity index (χ0v) is 11.3. The average molecular weight is 255 g/mol. The van der Waals surface area contributed by atoms with Crippen LogP contribution in [0.1, 0.15) is 64.2 Å². The highest BCUT2D eigenvalue weighted by molar-refractivity contribution is 6.21. The first-order valence-electron chi connectivity index (χ1n) is 7.27. The van der Waals surface area contributed by atoms with Gasteiger partial charge in [-0.25, -0.2) is 0 Å². The quantitative estimate of drug-likeness (QED) is 0.518. The predicted molar refractivity (Wildman–Crippen MR) is 71.5 cm³/mol. The first-order chi connectivity index (χ1) is 8.26. The Bertz CT molecular complexity index is 304.